The van der Waals surface area contributed by atoms with Crippen LogP contribution in [0.5, 0.6) is 5.75 Å². The molecular weight excluding hydrogens is 648 g/mol. The number of rotatable bonds is 5. The van der Waals surface area contributed by atoms with Crippen molar-refractivity contribution >= 4 is 41.2 Å². The highest BCUT2D eigenvalue weighted by Gasteiger charge is 2.64. The van der Waals surface area contributed by atoms with Gasteiger partial charge >= 0.3 is 18.0 Å². The largest absolute Gasteiger partial charge is 0.495 e. The van der Waals surface area contributed by atoms with E-state index < -0.39 is 77.6 Å². The lowest BCUT2D eigenvalue weighted by Crippen LogP contribution is -2.63. The van der Waals surface area contributed by atoms with E-state index in [-0.39, 0.29) is 29.3 Å². The third kappa shape index (κ3) is 7.64. The summed E-state index contributed by atoms with van der Waals surface area (Å²) in [7, 11) is 4.34. The van der Waals surface area contributed by atoms with Gasteiger partial charge in [-0.25, -0.2) is 4.79 Å². The van der Waals surface area contributed by atoms with Gasteiger partial charge in [-0.3, -0.25) is 19.7 Å². The number of epoxide rings is 1. The molecule has 1 aromatic carbocycles. The Morgan fingerprint density at radius 3 is 2.48 bits per heavy atom. The van der Waals surface area contributed by atoms with Gasteiger partial charge in [-0.1, -0.05) is 50.6 Å². The van der Waals surface area contributed by atoms with E-state index in [0.29, 0.717) is 11.1 Å². The highest BCUT2D eigenvalue weighted by Crippen LogP contribution is 2.49. The lowest BCUT2D eigenvalue weighted by atomic mass is 9.83. The highest BCUT2D eigenvalue weighted by molar-refractivity contribution is 6.35. The monoisotopic (exact) mass is 692 g/mol. The van der Waals surface area contributed by atoms with E-state index in [2.05, 4.69) is 5.32 Å². The number of anilines is 1. The molecule has 0 saturated carbocycles. The summed E-state index contributed by atoms with van der Waals surface area (Å²) >= 11 is 6.73. The van der Waals surface area contributed by atoms with Crippen LogP contribution >= 0.6 is 11.6 Å². The SMILES string of the molecule is COc1cc2cc(c1Cl)N(C)C(=O)C[C@@H](OC(=O)C(C)C)[C@]1(C)O[C@@H]1[C@H](C)[C@@H]1C[C@@](O)(NC(=O)O1)[C@H](OC)/C=C/C=C(\C)C2OC(C)=O. The standard InChI is InChI=1S/C34H45ClN2O11/c1-17(2)31(40)47-26-15-27(39)37(7)22-13-21(14-23(43-8)28(22)35)29(45-20(5)38)18(3)11-10-12-25(44-9)34(42)16-24(46-32(41)36-34)19(4)30-33(26,6)48-30/h10-14,17,19,24-26,29-30,42H,15-16H2,1-9H3,(H,36,41)/b12-10+,18-11+/t19-,24+,25-,26-,29?,30-,33+,34+/m1/s1. The molecular formula is C34H45ClN2O11. The van der Waals surface area contributed by atoms with Gasteiger partial charge in [-0.2, -0.15) is 0 Å². The van der Waals surface area contributed by atoms with Crippen LogP contribution in [0.2, 0.25) is 5.02 Å². The minimum absolute atomic E-state index is 0.0697. The second-order valence-corrected chi connectivity index (χ2v) is 13.4. The third-order valence-electron chi connectivity index (χ3n) is 9.14. The van der Waals surface area contributed by atoms with Gasteiger partial charge in [0.15, 0.2) is 5.72 Å². The Morgan fingerprint density at radius 2 is 1.88 bits per heavy atom. The molecule has 48 heavy (non-hydrogen) atoms. The molecule has 14 heteroatoms. The molecule has 8 atom stereocenters. The minimum atomic E-state index is -1.87. The third-order valence-corrected chi connectivity index (χ3v) is 9.52. The van der Waals surface area contributed by atoms with Crippen molar-refractivity contribution < 1.29 is 52.7 Å². The van der Waals surface area contributed by atoms with Crippen molar-refractivity contribution in [3.63, 3.8) is 0 Å². The molecule has 4 rings (SSSR count). The van der Waals surface area contributed by atoms with Crippen LogP contribution in [0.4, 0.5) is 10.5 Å². The molecule has 0 spiro atoms. The van der Waals surface area contributed by atoms with Crippen LogP contribution in [-0.2, 0) is 38.1 Å². The molecule has 2 saturated heterocycles. The average Bonchev–Trinajstić information content (AvgIpc) is 3.71. The van der Waals surface area contributed by atoms with Crippen LogP contribution in [0.25, 0.3) is 0 Å². The number of ether oxygens (including phenoxy) is 6. The summed E-state index contributed by atoms with van der Waals surface area (Å²) in [6.45, 7) is 9.90. The number of carbonyl (C=O) groups is 4. The first-order chi connectivity index (χ1) is 22.4. The number of methoxy groups -OCH3 is 2. The molecule has 4 bridgehead atoms. The summed E-state index contributed by atoms with van der Waals surface area (Å²) < 4.78 is 34.5. The summed E-state index contributed by atoms with van der Waals surface area (Å²) in [5, 5.41) is 14.3. The number of nitrogens with one attached hydrogen (secondary N) is 1. The van der Waals surface area contributed by atoms with E-state index in [1.165, 1.54) is 33.1 Å². The lowest BCUT2D eigenvalue weighted by Gasteiger charge is -2.42. The fraction of sp³-hybridized carbons (Fsp3) is 0.588. The van der Waals surface area contributed by atoms with Crippen molar-refractivity contribution in [3.05, 3.63) is 46.5 Å². The predicted octanol–water partition coefficient (Wildman–Crippen LogP) is 4.39. The molecule has 1 unspecified atom stereocenters. The van der Waals surface area contributed by atoms with Crippen molar-refractivity contribution in [1.82, 2.24) is 5.32 Å². The van der Waals surface area contributed by atoms with Crippen molar-refractivity contribution in [2.75, 3.05) is 26.2 Å². The van der Waals surface area contributed by atoms with E-state index in [1.807, 2.05) is 0 Å². The Bertz CT molecular complexity index is 1500. The molecule has 1 aromatic rings. The van der Waals surface area contributed by atoms with Gasteiger partial charge in [-0.05, 0) is 31.6 Å². The Kier molecular flexibility index (Phi) is 11.2. The van der Waals surface area contributed by atoms with E-state index in [4.69, 9.17) is 40.0 Å². The Balaban J connectivity index is 1.88. The van der Waals surface area contributed by atoms with Crippen molar-refractivity contribution in [2.45, 2.75) is 96.2 Å². The molecule has 3 heterocycles. The number of aliphatic hydroxyl groups is 1. The molecule has 2 N–H and O–H groups in total. The van der Waals surface area contributed by atoms with E-state index in [9.17, 15) is 24.3 Å². The van der Waals surface area contributed by atoms with Crippen LogP contribution < -0.4 is 15.0 Å². The minimum Gasteiger partial charge on any atom is -0.495 e. The van der Waals surface area contributed by atoms with Crippen molar-refractivity contribution in [1.29, 1.82) is 0 Å². The maximum absolute atomic E-state index is 14.0. The van der Waals surface area contributed by atoms with Crippen LogP contribution in [0, 0.1) is 11.8 Å². The molecule has 2 amide bonds. The average molecular weight is 693 g/mol. The zero-order valence-electron chi connectivity index (χ0n) is 28.7. The van der Waals surface area contributed by atoms with Gasteiger partial charge in [0.05, 0.1) is 31.2 Å². The molecule has 3 aliphatic heterocycles. The van der Waals surface area contributed by atoms with Gasteiger partial charge in [0.2, 0.25) is 5.91 Å². The van der Waals surface area contributed by atoms with Gasteiger partial charge < -0.3 is 38.4 Å². The van der Waals surface area contributed by atoms with E-state index in [1.54, 1.807) is 65.0 Å². The predicted molar refractivity (Wildman–Crippen MR) is 174 cm³/mol. The second kappa shape index (κ2) is 14.5. The highest BCUT2D eigenvalue weighted by atomic mass is 35.5. The molecule has 0 aliphatic carbocycles. The molecule has 0 aromatic heterocycles. The fourth-order valence-electron chi connectivity index (χ4n) is 6.18. The quantitative estimate of drug-likeness (QED) is 0.256. The number of amides is 2. The fourth-order valence-corrected chi connectivity index (χ4v) is 6.49. The van der Waals surface area contributed by atoms with Crippen LogP contribution in [0.15, 0.2) is 35.9 Å². The molecule has 0 radical (unpaired) electrons. The number of hydrogen-bond donors (Lipinski definition) is 2. The van der Waals surface area contributed by atoms with Crippen molar-refractivity contribution in [3.8, 4) is 5.75 Å². The first kappa shape index (κ1) is 37.2. The first-order valence-corrected chi connectivity index (χ1v) is 16.1. The van der Waals surface area contributed by atoms with Crippen LogP contribution in [0.3, 0.4) is 0 Å². The summed E-state index contributed by atoms with van der Waals surface area (Å²) in [4.78, 5) is 53.2. The summed E-state index contributed by atoms with van der Waals surface area (Å²) in [6, 6.07) is 3.23. The zero-order valence-corrected chi connectivity index (χ0v) is 29.5. The van der Waals surface area contributed by atoms with E-state index >= 15 is 0 Å². The number of hydrogen-bond acceptors (Lipinski definition) is 11. The summed E-state index contributed by atoms with van der Waals surface area (Å²) in [5.74, 6) is -2.30. The molecule has 2 fully saturated rings. The topological polar surface area (TPSA) is 162 Å². The number of nitrogens with zero attached hydrogens (tertiary/aromatic N) is 1. The summed E-state index contributed by atoms with van der Waals surface area (Å²) in [5.41, 5.74) is -1.71. The lowest BCUT2D eigenvalue weighted by molar-refractivity contribution is -0.157. The number of esters is 2. The maximum atomic E-state index is 14.0. The number of fused-ring (bicyclic) bond motifs is 5. The Labute approximate surface area is 285 Å². The van der Waals surface area contributed by atoms with Gasteiger partial charge in [0.25, 0.3) is 0 Å². The molecule has 3 aliphatic rings. The first-order valence-electron chi connectivity index (χ1n) is 15.7. The summed E-state index contributed by atoms with van der Waals surface area (Å²) in [6.07, 6.45) is -0.776. The number of halogens is 1. The zero-order chi connectivity index (χ0) is 35.7. The number of benzene rings is 1. The van der Waals surface area contributed by atoms with Gasteiger partial charge in [0.1, 0.15) is 40.8 Å². The normalized spacial score (nSPS) is 34.2. The number of alkyl carbamates (subject to hydrolysis) is 1. The second-order valence-electron chi connectivity index (χ2n) is 13.0. The molecule has 13 nitrogen and oxygen atoms in total. The Morgan fingerprint density at radius 1 is 1.19 bits per heavy atom. The van der Waals surface area contributed by atoms with Crippen LogP contribution in [0.1, 0.15) is 66.1 Å². The van der Waals surface area contributed by atoms with Gasteiger partial charge in [0, 0.05) is 39.0 Å². The number of allylic oxidation sites excluding steroid dienone is 2. The van der Waals surface area contributed by atoms with E-state index in [0.717, 1.165) is 0 Å². The Hall–Kier alpha value is -3.65. The van der Waals surface area contributed by atoms with Crippen LogP contribution in [-0.4, -0.2) is 86.1 Å². The van der Waals surface area contributed by atoms with Crippen molar-refractivity contribution in [2.24, 2.45) is 11.8 Å². The molecule has 264 valence electrons. The maximum Gasteiger partial charge on any atom is 0.409 e. The smallest absolute Gasteiger partial charge is 0.409 e. The number of carbonyl (C=O) groups excluding carboxylic acids is 4. The van der Waals surface area contributed by atoms with Gasteiger partial charge in [-0.15, -0.1) is 0 Å².